The molecule has 0 aliphatic rings. The number of fused-ring (bicyclic) bond motifs is 1. The Balaban J connectivity index is 1.99. The van der Waals surface area contributed by atoms with E-state index in [1.165, 1.54) is 0 Å². The highest BCUT2D eigenvalue weighted by molar-refractivity contribution is 9.10. The summed E-state index contributed by atoms with van der Waals surface area (Å²) in [6.45, 7) is 0. The van der Waals surface area contributed by atoms with Crippen LogP contribution in [0.4, 0.5) is 5.69 Å². The molecule has 3 aromatic rings. The molecular weight excluding hydrogens is 328 g/mol. The summed E-state index contributed by atoms with van der Waals surface area (Å²) >= 11 is 4.51. The number of anilines is 1. The lowest BCUT2D eigenvalue weighted by Crippen LogP contribution is -2.12. The van der Waals surface area contributed by atoms with Gasteiger partial charge in [-0.2, -0.15) is 0 Å². The fourth-order valence-corrected chi connectivity index (χ4v) is 2.47. The number of nitrogens with one attached hydrogen (secondary N) is 1. The first kappa shape index (κ1) is 12.2. The van der Waals surface area contributed by atoms with E-state index in [0.717, 1.165) is 26.9 Å². The third-order valence-corrected chi connectivity index (χ3v) is 3.46. The summed E-state index contributed by atoms with van der Waals surface area (Å²) in [6, 6.07) is 7.56. The van der Waals surface area contributed by atoms with Gasteiger partial charge in [-0.1, -0.05) is 16.6 Å². The Morgan fingerprint density at radius 3 is 3.05 bits per heavy atom. The maximum absolute atomic E-state index is 11.9. The first-order chi connectivity index (χ1) is 9.24. The van der Waals surface area contributed by atoms with E-state index in [-0.39, 0.29) is 5.91 Å². The molecule has 0 saturated carbocycles. The minimum atomic E-state index is -0.286. The molecule has 0 unspecified atom stereocenters. The number of amides is 1. The second-order valence-corrected chi connectivity index (χ2v) is 5.30. The van der Waals surface area contributed by atoms with Crippen LogP contribution in [-0.2, 0) is 0 Å². The van der Waals surface area contributed by atoms with Crippen molar-refractivity contribution >= 4 is 50.0 Å². The predicted octanol–water partition coefficient (Wildman–Crippen LogP) is 3.10. The molecular formula is C12H7BrN4OS. The molecule has 0 saturated heterocycles. The number of para-hydroxylation sites is 1. The molecule has 5 nitrogen and oxygen atoms in total. The van der Waals surface area contributed by atoms with E-state index in [4.69, 9.17) is 0 Å². The van der Waals surface area contributed by atoms with Crippen molar-refractivity contribution in [3.8, 4) is 0 Å². The maximum Gasteiger partial charge on any atom is 0.277 e. The van der Waals surface area contributed by atoms with Crippen LogP contribution in [0.2, 0.25) is 0 Å². The highest BCUT2D eigenvalue weighted by Crippen LogP contribution is 2.24. The van der Waals surface area contributed by atoms with Crippen molar-refractivity contribution in [1.29, 1.82) is 0 Å². The minimum absolute atomic E-state index is 0.286. The topological polar surface area (TPSA) is 67.8 Å². The van der Waals surface area contributed by atoms with Gasteiger partial charge in [-0.15, -0.1) is 5.10 Å². The van der Waals surface area contributed by atoms with E-state index in [9.17, 15) is 4.79 Å². The number of rotatable bonds is 2. The Labute approximate surface area is 121 Å². The van der Waals surface area contributed by atoms with Crippen LogP contribution in [-0.4, -0.2) is 20.5 Å². The summed E-state index contributed by atoms with van der Waals surface area (Å²) in [5.41, 5.74) is 1.70. The molecule has 2 aromatic heterocycles. The molecule has 1 N–H and O–H groups in total. The third-order valence-electron chi connectivity index (χ3n) is 2.52. The van der Waals surface area contributed by atoms with Gasteiger partial charge >= 0.3 is 0 Å². The van der Waals surface area contributed by atoms with Gasteiger partial charge in [0.05, 0.1) is 11.2 Å². The molecule has 3 rings (SSSR count). The molecule has 0 aliphatic heterocycles. The summed E-state index contributed by atoms with van der Waals surface area (Å²) in [4.78, 5) is 16.3. The normalized spacial score (nSPS) is 10.6. The van der Waals surface area contributed by atoms with E-state index in [1.807, 2.05) is 18.2 Å². The van der Waals surface area contributed by atoms with E-state index < -0.39 is 0 Å². The van der Waals surface area contributed by atoms with Crippen LogP contribution in [0.25, 0.3) is 10.9 Å². The fraction of sp³-hybridized carbons (Fsp3) is 0. The smallest absolute Gasteiger partial charge is 0.277 e. The van der Waals surface area contributed by atoms with Crippen LogP contribution < -0.4 is 5.32 Å². The second-order valence-electron chi connectivity index (χ2n) is 3.78. The van der Waals surface area contributed by atoms with Gasteiger partial charge in [0.1, 0.15) is 0 Å². The largest absolute Gasteiger partial charge is 0.319 e. The van der Waals surface area contributed by atoms with Crippen LogP contribution in [0.1, 0.15) is 10.5 Å². The van der Waals surface area contributed by atoms with Gasteiger partial charge in [-0.25, -0.2) is 0 Å². The number of carbonyl (C=O) groups is 1. The van der Waals surface area contributed by atoms with Gasteiger partial charge in [0, 0.05) is 21.4 Å². The van der Waals surface area contributed by atoms with Crippen molar-refractivity contribution in [3.63, 3.8) is 0 Å². The molecule has 2 heterocycles. The van der Waals surface area contributed by atoms with E-state index in [0.29, 0.717) is 11.4 Å². The van der Waals surface area contributed by atoms with Crippen LogP contribution in [0.3, 0.4) is 0 Å². The lowest BCUT2D eigenvalue weighted by atomic mass is 10.2. The molecule has 0 spiro atoms. The monoisotopic (exact) mass is 334 g/mol. The Morgan fingerprint density at radius 1 is 1.37 bits per heavy atom. The van der Waals surface area contributed by atoms with Crippen molar-refractivity contribution in [1.82, 2.24) is 14.6 Å². The molecule has 0 aliphatic carbocycles. The molecule has 0 radical (unpaired) electrons. The summed E-state index contributed by atoms with van der Waals surface area (Å²) in [7, 11) is 0. The van der Waals surface area contributed by atoms with E-state index in [2.05, 4.69) is 35.8 Å². The Morgan fingerprint density at radius 2 is 2.26 bits per heavy atom. The molecule has 1 amide bonds. The van der Waals surface area contributed by atoms with Crippen LogP contribution in [0.5, 0.6) is 0 Å². The molecule has 0 fully saturated rings. The Bertz CT molecular complexity index is 745. The second kappa shape index (κ2) is 5.02. The summed E-state index contributed by atoms with van der Waals surface area (Å²) < 4.78 is 4.56. The molecule has 19 heavy (non-hydrogen) atoms. The van der Waals surface area contributed by atoms with Gasteiger partial charge in [0.25, 0.3) is 5.91 Å². The Kier molecular flexibility index (Phi) is 3.22. The number of pyridine rings is 1. The summed E-state index contributed by atoms with van der Waals surface area (Å²) in [5, 5.41) is 9.08. The van der Waals surface area contributed by atoms with Crippen molar-refractivity contribution in [2.75, 3.05) is 5.32 Å². The molecule has 0 bridgehead atoms. The number of hydrogen-bond donors (Lipinski definition) is 1. The van der Waals surface area contributed by atoms with E-state index in [1.54, 1.807) is 17.6 Å². The number of halogens is 1. The zero-order valence-electron chi connectivity index (χ0n) is 9.50. The predicted molar refractivity (Wildman–Crippen MR) is 77.3 cm³/mol. The average molecular weight is 335 g/mol. The number of hydrogen-bond acceptors (Lipinski definition) is 5. The third kappa shape index (κ3) is 2.47. The minimum Gasteiger partial charge on any atom is -0.319 e. The molecule has 7 heteroatoms. The van der Waals surface area contributed by atoms with Crippen LogP contribution >= 0.6 is 27.5 Å². The fourth-order valence-electron chi connectivity index (χ4n) is 1.68. The maximum atomic E-state index is 11.9. The lowest BCUT2D eigenvalue weighted by Gasteiger charge is -2.06. The first-order valence-electron chi connectivity index (χ1n) is 5.37. The van der Waals surface area contributed by atoms with E-state index >= 15 is 0 Å². The highest BCUT2D eigenvalue weighted by atomic mass is 79.9. The number of carbonyl (C=O) groups excluding carboxylic acids is 1. The number of nitrogens with zero attached hydrogens (tertiary/aromatic N) is 3. The quantitative estimate of drug-likeness (QED) is 0.781. The van der Waals surface area contributed by atoms with Gasteiger partial charge in [0.2, 0.25) is 0 Å². The van der Waals surface area contributed by atoms with Crippen molar-refractivity contribution in [2.45, 2.75) is 0 Å². The van der Waals surface area contributed by atoms with Gasteiger partial charge in [0.15, 0.2) is 5.69 Å². The van der Waals surface area contributed by atoms with Crippen LogP contribution in [0, 0.1) is 0 Å². The highest BCUT2D eigenvalue weighted by Gasteiger charge is 2.11. The van der Waals surface area contributed by atoms with Gasteiger partial charge < -0.3 is 5.32 Å². The van der Waals surface area contributed by atoms with Gasteiger partial charge in [-0.05, 0) is 39.6 Å². The van der Waals surface area contributed by atoms with Crippen molar-refractivity contribution in [2.24, 2.45) is 0 Å². The zero-order chi connectivity index (χ0) is 13.2. The summed E-state index contributed by atoms with van der Waals surface area (Å²) in [5.74, 6) is -0.286. The Hall–Kier alpha value is -1.86. The van der Waals surface area contributed by atoms with Gasteiger partial charge in [-0.3, -0.25) is 9.78 Å². The average Bonchev–Trinajstić information content (AvgIpc) is 2.92. The van der Waals surface area contributed by atoms with Crippen molar-refractivity contribution in [3.05, 3.63) is 46.0 Å². The van der Waals surface area contributed by atoms with Crippen molar-refractivity contribution < 1.29 is 4.79 Å². The lowest BCUT2D eigenvalue weighted by molar-refractivity contribution is 0.102. The summed E-state index contributed by atoms with van der Waals surface area (Å²) in [6.07, 6.45) is 1.70. The molecule has 0 atom stereocenters. The first-order valence-corrected chi connectivity index (χ1v) is 7.00. The van der Waals surface area contributed by atoms with Crippen LogP contribution in [0.15, 0.2) is 40.3 Å². The molecule has 94 valence electrons. The zero-order valence-corrected chi connectivity index (χ0v) is 11.9. The number of benzene rings is 1. The SMILES string of the molecule is O=C(Nc1cccc2cc(Br)cnc12)c1csnn1. The molecule has 1 aromatic carbocycles. The number of aromatic nitrogens is 3. The standard InChI is InChI=1S/C12H7BrN4OS/c13-8-4-7-2-1-3-9(11(7)14-5-8)15-12(18)10-6-19-17-16-10/h1-6H,(H,15,18).